The number of anilines is 1. The third-order valence-electron chi connectivity index (χ3n) is 9.46. The van der Waals surface area contributed by atoms with Gasteiger partial charge in [-0.1, -0.05) is 97.1 Å². The molecule has 2 N–H and O–H groups in total. The number of nitriles is 2. The van der Waals surface area contributed by atoms with Crippen LogP contribution in [0.2, 0.25) is 0 Å². The van der Waals surface area contributed by atoms with Gasteiger partial charge in [-0.15, -0.1) is 0 Å². The van der Waals surface area contributed by atoms with Crippen molar-refractivity contribution in [2.75, 3.05) is 18.4 Å². The van der Waals surface area contributed by atoms with Crippen LogP contribution in [0.15, 0.2) is 127 Å². The Labute approximate surface area is 289 Å². The average molecular weight is 657 g/mol. The zero-order valence-corrected chi connectivity index (χ0v) is 27.0. The molecule has 0 bridgehead atoms. The second-order valence-electron chi connectivity index (χ2n) is 12.3. The second kappa shape index (κ2) is 13.4. The summed E-state index contributed by atoms with van der Waals surface area (Å²) in [5.41, 5.74) is 4.65. The number of nitrogens with one attached hydrogen (secondary N) is 1. The van der Waals surface area contributed by atoms with E-state index in [2.05, 4.69) is 53.9 Å². The van der Waals surface area contributed by atoms with Gasteiger partial charge in [0.05, 0.1) is 34.7 Å². The molecule has 1 fully saturated rings. The fraction of sp³-hybridized carbons (Fsp3) is 0.146. The van der Waals surface area contributed by atoms with E-state index in [9.17, 15) is 25.2 Å². The van der Waals surface area contributed by atoms with Gasteiger partial charge in [0.1, 0.15) is 5.54 Å². The van der Waals surface area contributed by atoms with Gasteiger partial charge in [-0.25, -0.2) is 9.48 Å². The van der Waals surface area contributed by atoms with Gasteiger partial charge in [-0.3, -0.25) is 4.79 Å². The Morgan fingerprint density at radius 2 is 1.42 bits per heavy atom. The number of amides is 2. The maximum atomic E-state index is 13.9. The lowest BCUT2D eigenvalue weighted by atomic mass is 9.77. The first-order valence-corrected chi connectivity index (χ1v) is 16.4. The number of piperidine rings is 1. The van der Waals surface area contributed by atoms with E-state index >= 15 is 0 Å². The van der Waals surface area contributed by atoms with Crippen molar-refractivity contribution in [3.05, 3.63) is 155 Å². The Morgan fingerprint density at radius 1 is 0.800 bits per heavy atom. The fourth-order valence-corrected chi connectivity index (χ4v) is 7.07. The molecule has 244 valence electrons. The summed E-state index contributed by atoms with van der Waals surface area (Å²) in [5, 5.41) is 38.2. The van der Waals surface area contributed by atoms with Crippen molar-refractivity contribution < 1.29 is 14.7 Å². The predicted molar refractivity (Wildman–Crippen MR) is 190 cm³/mol. The van der Waals surface area contributed by atoms with Crippen LogP contribution in [0, 0.1) is 28.6 Å². The highest BCUT2D eigenvalue weighted by Gasteiger charge is 2.41. The van der Waals surface area contributed by atoms with Crippen molar-refractivity contribution in [1.29, 1.82) is 10.5 Å². The van der Waals surface area contributed by atoms with E-state index in [0.29, 0.717) is 58.4 Å². The third-order valence-corrected chi connectivity index (χ3v) is 9.46. The van der Waals surface area contributed by atoms with E-state index in [0.717, 1.165) is 16.7 Å². The molecule has 5 aromatic carbocycles. The first kappa shape index (κ1) is 31.9. The minimum absolute atomic E-state index is 0.0967. The quantitative estimate of drug-likeness (QED) is 0.170. The van der Waals surface area contributed by atoms with Gasteiger partial charge in [0.25, 0.3) is 0 Å². The zero-order valence-electron chi connectivity index (χ0n) is 27.0. The van der Waals surface area contributed by atoms with Gasteiger partial charge >= 0.3 is 6.09 Å². The van der Waals surface area contributed by atoms with Crippen molar-refractivity contribution in [2.45, 2.75) is 18.4 Å². The highest BCUT2D eigenvalue weighted by Crippen LogP contribution is 2.44. The predicted octanol–water partition coefficient (Wildman–Crippen LogP) is 7.62. The molecule has 0 spiro atoms. The van der Waals surface area contributed by atoms with Crippen molar-refractivity contribution in [3.8, 4) is 23.3 Å². The van der Waals surface area contributed by atoms with Crippen molar-refractivity contribution in [2.24, 2.45) is 5.92 Å². The van der Waals surface area contributed by atoms with Gasteiger partial charge in [-0.2, -0.15) is 15.6 Å². The molecule has 1 saturated heterocycles. The summed E-state index contributed by atoms with van der Waals surface area (Å²) >= 11 is 0. The number of carboxylic acid groups (broad SMARTS) is 1. The molecule has 6 aromatic rings. The van der Waals surface area contributed by atoms with E-state index in [4.69, 9.17) is 5.10 Å². The Balaban J connectivity index is 1.50. The normalized spacial score (nSPS) is 14.4. The van der Waals surface area contributed by atoms with Gasteiger partial charge < -0.3 is 15.3 Å². The van der Waals surface area contributed by atoms with E-state index in [1.807, 2.05) is 77.5 Å². The average Bonchev–Trinajstić information content (AvgIpc) is 3.53. The van der Waals surface area contributed by atoms with Crippen LogP contribution in [0.4, 0.5) is 10.6 Å². The molecule has 0 radical (unpaired) electrons. The smallest absolute Gasteiger partial charge is 0.407 e. The first-order valence-electron chi connectivity index (χ1n) is 16.4. The number of nitrogens with zero attached hydrogens (tertiary/aromatic N) is 5. The number of benzene rings is 5. The molecule has 50 heavy (non-hydrogen) atoms. The Kier molecular flexibility index (Phi) is 8.55. The summed E-state index contributed by atoms with van der Waals surface area (Å²) in [7, 11) is 0. The van der Waals surface area contributed by atoms with Crippen LogP contribution >= 0.6 is 0 Å². The Bertz CT molecular complexity index is 2190. The van der Waals surface area contributed by atoms with Crippen LogP contribution in [0.3, 0.4) is 0 Å². The molecule has 0 aliphatic carbocycles. The molecule has 0 unspecified atom stereocenters. The third kappa shape index (κ3) is 5.61. The van der Waals surface area contributed by atoms with Crippen LogP contribution in [-0.4, -0.2) is 44.9 Å². The van der Waals surface area contributed by atoms with Crippen LogP contribution in [0.5, 0.6) is 0 Å². The first-order chi connectivity index (χ1) is 24.4. The molecule has 2 amide bonds. The molecule has 1 aromatic heterocycles. The summed E-state index contributed by atoms with van der Waals surface area (Å²) in [6.45, 7) is 0.482. The van der Waals surface area contributed by atoms with E-state index < -0.39 is 17.6 Å². The van der Waals surface area contributed by atoms with Crippen LogP contribution in [0.25, 0.3) is 22.0 Å². The molecule has 1 aliphatic rings. The summed E-state index contributed by atoms with van der Waals surface area (Å²) in [5.74, 6) is -0.564. The number of fused-ring (bicyclic) bond motifs is 1. The fourth-order valence-electron chi connectivity index (χ4n) is 7.07. The summed E-state index contributed by atoms with van der Waals surface area (Å²) in [6.07, 6.45) is 0.0799. The number of aromatic nitrogens is 2. The SMILES string of the molecule is N#Cc1ccc(C#N)c(-c2ccc3c(c2)c(NC(=O)[C@@H]2CCCN(C(=O)O)C2)nn3C(c2ccccc2)(c2ccccc2)c2ccccc2)c1. The van der Waals surface area contributed by atoms with Gasteiger partial charge in [-0.05, 0) is 65.4 Å². The lowest BCUT2D eigenvalue weighted by Gasteiger charge is -2.37. The van der Waals surface area contributed by atoms with E-state index in [1.54, 1.807) is 18.2 Å². The largest absolute Gasteiger partial charge is 0.465 e. The lowest BCUT2D eigenvalue weighted by molar-refractivity contribution is -0.121. The highest BCUT2D eigenvalue weighted by molar-refractivity contribution is 6.02. The van der Waals surface area contributed by atoms with Crippen molar-refractivity contribution >= 4 is 28.7 Å². The molecule has 1 aliphatic heterocycles. The van der Waals surface area contributed by atoms with E-state index in [1.165, 1.54) is 4.90 Å². The number of carbonyl (C=O) groups is 2. The number of likely N-dealkylation sites (tertiary alicyclic amines) is 1. The molecule has 0 saturated carbocycles. The monoisotopic (exact) mass is 656 g/mol. The number of hydrogen-bond acceptors (Lipinski definition) is 5. The molecule has 9 heteroatoms. The number of hydrogen-bond donors (Lipinski definition) is 2. The molecular formula is C41H32N6O3. The maximum Gasteiger partial charge on any atom is 0.407 e. The zero-order chi connectivity index (χ0) is 34.7. The molecule has 2 heterocycles. The van der Waals surface area contributed by atoms with E-state index in [-0.39, 0.29) is 12.5 Å². The Morgan fingerprint density at radius 3 is 1.98 bits per heavy atom. The van der Waals surface area contributed by atoms with Crippen LogP contribution in [0.1, 0.15) is 40.7 Å². The summed E-state index contributed by atoms with van der Waals surface area (Å²) in [4.78, 5) is 27.0. The number of carbonyl (C=O) groups excluding carboxylic acids is 1. The minimum atomic E-state index is -1.05. The van der Waals surface area contributed by atoms with Gasteiger partial charge in [0, 0.05) is 24.0 Å². The molecule has 9 nitrogen and oxygen atoms in total. The van der Waals surface area contributed by atoms with Gasteiger partial charge in [0.15, 0.2) is 5.82 Å². The Hall–Kier alpha value is -6.71. The van der Waals surface area contributed by atoms with Gasteiger partial charge in [0.2, 0.25) is 5.91 Å². The van der Waals surface area contributed by atoms with Crippen molar-refractivity contribution in [3.63, 3.8) is 0 Å². The molecular weight excluding hydrogens is 624 g/mol. The maximum absolute atomic E-state index is 13.9. The highest BCUT2D eigenvalue weighted by atomic mass is 16.4. The minimum Gasteiger partial charge on any atom is -0.465 e. The lowest BCUT2D eigenvalue weighted by Crippen LogP contribution is -2.43. The summed E-state index contributed by atoms with van der Waals surface area (Å²) in [6, 6.07) is 45.3. The topological polar surface area (TPSA) is 135 Å². The molecule has 7 rings (SSSR count). The van der Waals surface area contributed by atoms with Crippen LogP contribution < -0.4 is 5.32 Å². The molecule has 1 atom stereocenters. The standard InChI is InChI=1S/C41H32N6O3/c42-25-28-18-19-30(26-43)35(23-28)29-20-21-37-36(24-29)38(44-39(48)31-11-10-22-46(27-31)40(49)50)45-47(37)41(32-12-4-1-5-13-32,33-14-6-2-7-15-33)34-16-8-3-9-17-34/h1-9,12-21,23-24,31H,10-11,22,27H2,(H,49,50)(H,44,45,48)/t31-/m1/s1. The van der Waals surface area contributed by atoms with Crippen molar-refractivity contribution in [1.82, 2.24) is 14.7 Å². The number of rotatable bonds is 7. The second-order valence-corrected chi connectivity index (χ2v) is 12.3. The van der Waals surface area contributed by atoms with Crippen LogP contribution in [-0.2, 0) is 10.3 Å². The summed E-state index contributed by atoms with van der Waals surface area (Å²) < 4.78 is 1.95.